The van der Waals surface area contributed by atoms with E-state index in [1.807, 2.05) is 25.3 Å². The normalized spacial score (nSPS) is 15.8. The van der Waals surface area contributed by atoms with Crippen LogP contribution in [0.2, 0.25) is 0 Å². The van der Waals surface area contributed by atoms with Gasteiger partial charge in [-0.25, -0.2) is 0 Å². The number of halogens is 3. The third-order valence-electron chi connectivity index (χ3n) is 6.16. The number of H-pyrrole nitrogens is 1. The first-order chi connectivity index (χ1) is 16.3. The van der Waals surface area contributed by atoms with E-state index in [1.54, 1.807) is 18.1 Å². The van der Waals surface area contributed by atoms with E-state index in [-0.39, 0.29) is 11.8 Å². The lowest BCUT2D eigenvalue weighted by molar-refractivity contribution is -0.274. The van der Waals surface area contributed by atoms with Crippen molar-refractivity contribution in [3.8, 4) is 17.2 Å². The number of hydrogen-bond acceptors (Lipinski definition) is 4. The molecule has 0 spiro atoms. The van der Waals surface area contributed by atoms with Gasteiger partial charge in [-0.15, -0.1) is 13.2 Å². The second-order valence-electron chi connectivity index (χ2n) is 8.21. The Labute approximate surface area is 195 Å². The first-order valence-corrected chi connectivity index (χ1v) is 11.2. The second kappa shape index (κ2) is 9.87. The van der Waals surface area contributed by atoms with Crippen molar-refractivity contribution in [1.29, 1.82) is 0 Å². The Bertz CT molecular complexity index is 1160. The van der Waals surface area contributed by atoms with Crippen LogP contribution >= 0.6 is 0 Å². The highest BCUT2D eigenvalue weighted by molar-refractivity contribution is 5.84. The number of nitrogens with zero attached hydrogens (tertiary/aromatic N) is 1. The summed E-state index contributed by atoms with van der Waals surface area (Å²) in [6.45, 7) is 3.02. The molecule has 0 radical (unpaired) electrons. The van der Waals surface area contributed by atoms with Crippen LogP contribution in [0.1, 0.15) is 42.5 Å². The van der Waals surface area contributed by atoms with Gasteiger partial charge in [0, 0.05) is 23.6 Å². The number of hydrogen-bond donors (Lipinski definition) is 1. The van der Waals surface area contributed by atoms with Crippen molar-refractivity contribution in [2.45, 2.75) is 45.0 Å². The Morgan fingerprint density at radius 3 is 2.74 bits per heavy atom. The quantitative estimate of drug-likeness (QED) is 0.411. The SMILES string of the molecule is CCOc1cc2c(cc1OC)CCN(C=O)[C@H]2CCCc1c[nH]c2ccc(OC(F)(F)F)cc12. The summed E-state index contributed by atoms with van der Waals surface area (Å²) in [6, 6.07) is 8.11. The zero-order valence-corrected chi connectivity index (χ0v) is 19.1. The second-order valence-corrected chi connectivity index (χ2v) is 8.21. The fourth-order valence-electron chi connectivity index (χ4n) is 4.65. The van der Waals surface area contributed by atoms with Gasteiger partial charge in [-0.2, -0.15) is 0 Å². The molecule has 1 N–H and O–H groups in total. The van der Waals surface area contributed by atoms with Crippen molar-refractivity contribution < 1.29 is 32.2 Å². The molecule has 1 aliphatic heterocycles. The number of nitrogens with one attached hydrogen (secondary N) is 1. The van der Waals surface area contributed by atoms with Gasteiger partial charge in [0.15, 0.2) is 11.5 Å². The highest BCUT2D eigenvalue weighted by Gasteiger charge is 2.31. The molecule has 6 nitrogen and oxygen atoms in total. The van der Waals surface area contributed by atoms with Crippen LogP contribution in [0, 0.1) is 0 Å². The summed E-state index contributed by atoms with van der Waals surface area (Å²) < 4.78 is 53.1. The largest absolute Gasteiger partial charge is 0.573 e. The standard InChI is InChI=1S/C25H27F3N2O4/c1-3-33-24-13-20-16(11-23(24)32-2)9-10-30(15-31)22(20)6-4-5-17-14-29-21-8-7-18(12-19(17)21)34-25(26,27)28/h7-8,11-15,22,29H,3-6,9-10H2,1-2H3/t22-/m0/s1. The van der Waals surface area contributed by atoms with Crippen LogP contribution in [0.15, 0.2) is 36.5 Å². The summed E-state index contributed by atoms with van der Waals surface area (Å²) in [5, 5.41) is 0.696. The third kappa shape index (κ3) is 5.08. The van der Waals surface area contributed by atoms with Crippen molar-refractivity contribution >= 4 is 17.3 Å². The van der Waals surface area contributed by atoms with Crippen LogP contribution in [-0.2, 0) is 17.6 Å². The average molecular weight is 476 g/mol. The van der Waals surface area contributed by atoms with Crippen LogP contribution in [-0.4, -0.2) is 42.9 Å². The number of carbonyl (C=O) groups excluding carboxylic acids is 1. The molecular weight excluding hydrogens is 449 g/mol. The number of benzene rings is 2. The smallest absolute Gasteiger partial charge is 0.493 e. The summed E-state index contributed by atoms with van der Waals surface area (Å²) in [4.78, 5) is 16.7. The summed E-state index contributed by atoms with van der Waals surface area (Å²) in [5.74, 6) is 1.08. The molecule has 1 amide bonds. The van der Waals surface area contributed by atoms with Crippen molar-refractivity contribution in [2.75, 3.05) is 20.3 Å². The van der Waals surface area contributed by atoms with Crippen LogP contribution in [0.4, 0.5) is 13.2 Å². The van der Waals surface area contributed by atoms with Crippen molar-refractivity contribution in [3.63, 3.8) is 0 Å². The Hall–Kier alpha value is -3.36. The Morgan fingerprint density at radius 2 is 2.03 bits per heavy atom. The van der Waals surface area contributed by atoms with Gasteiger partial charge < -0.3 is 24.1 Å². The lowest BCUT2D eigenvalue weighted by Gasteiger charge is -2.35. The predicted octanol–water partition coefficient (Wildman–Crippen LogP) is 5.55. The zero-order valence-electron chi connectivity index (χ0n) is 19.1. The number of aromatic amines is 1. The number of carbonyl (C=O) groups is 1. The number of ether oxygens (including phenoxy) is 3. The van der Waals surface area contributed by atoms with Crippen molar-refractivity contribution in [3.05, 3.63) is 53.2 Å². The molecule has 0 saturated heterocycles. The molecular formula is C25H27F3N2O4. The maximum atomic E-state index is 12.6. The van der Waals surface area contributed by atoms with Gasteiger partial charge >= 0.3 is 6.36 Å². The first-order valence-electron chi connectivity index (χ1n) is 11.2. The molecule has 2 aromatic carbocycles. The fraction of sp³-hybridized carbons (Fsp3) is 0.400. The highest BCUT2D eigenvalue weighted by Crippen LogP contribution is 2.40. The summed E-state index contributed by atoms with van der Waals surface area (Å²) in [6.07, 6.45) is 0.772. The Balaban J connectivity index is 1.53. The minimum absolute atomic E-state index is 0.110. The van der Waals surface area contributed by atoms with Gasteiger partial charge in [-0.05, 0) is 79.6 Å². The zero-order chi connectivity index (χ0) is 24.3. The molecule has 3 aromatic rings. The fourth-order valence-corrected chi connectivity index (χ4v) is 4.65. The molecule has 9 heteroatoms. The lowest BCUT2D eigenvalue weighted by atomic mass is 9.89. The number of fused-ring (bicyclic) bond motifs is 2. The molecule has 0 saturated carbocycles. The number of alkyl halides is 3. The van der Waals surface area contributed by atoms with Crippen LogP contribution < -0.4 is 14.2 Å². The van der Waals surface area contributed by atoms with Gasteiger partial charge in [-0.1, -0.05) is 0 Å². The highest BCUT2D eigenvalue weighted by atomic mass is 19.4. The van der Waals surface area contributed by atoms with Crippen molar-refractivity contribution in [2.24, 2.45) is 0 Å². The monoisotopic (exact) mass is 476 g/mol. The topological polar surface area (TPSA) is 63.8 Å². The van der Waals surface area contributed by atoms with Gasteiger partial charge in [0.1, 0.15) is 5.75 Å². The van der Waals surface area contributed by atoms with E-state index in [4.69, 9.17) is 9.47 Å². The molecule has 0 bridgehead atoms. The van der Waals surface area contributed by atoms with Crippen LogP contribution in [0.3, 0.4) is 0 Å². The average Bonchev–Trinajstić information content (AvgIpc) is 3.20. The van der Waals surface area contributed by atoms with Gasteiger partial charge in [0.25, 0.3) is 0 Å². The molecule has 2 heterocycles. The molecule has 34 heavy (non-hydrogen) atoms. The van der Waals surface area contributed by atoms with Gasteiger partial charge in [0.2, 0.25) is 6.41 Å². The molecule has 0 unspecified atom stereocenters. The minimum Gasteiger partial charge on any atom is -0.493 e. The maximum Gasteiger partial charge on any atom is 0.573 e. The summed E-state index contributed by atoms with van der Waals surface area (Å²) in [7, 11) is 1.61. The Kier molecular flexibility index (Phi) is 6.90. The molecule has 1 aromatic heterocycles. The number of rotatable bonds is 9. The maximum absolute atomic E-state index is 12.6. The molecule has 1 aliphatic rings. The molecule has 0 aliphatic carbocycles. The van der Waals surface area contributed by atoms with Gasteiger partial charge in [0.05, 0.1) is 19.8 Å². The Morgan fingerprint density at radius 1 is 1.21 bits per heavy atom. The molecule has 182 valence electrons. The lowest BCUT2D eigenvalue weighted by Crippen LogP contribution is -2.34. The molecule has 1 atom stereocenters. The van der Waals surface area contributed by atoms with E-state index in [9.17, 15) is 18.0 Å². The number of amides is 1. The van der Waals surface area contributed by atoms with E-state index in [0.29, 0.717) is 42.9 Å². The van der Waals surface area contributed by atoms with E-state index in [0.717, 1.165) is 41.5 Å². The third-order valence-corrected chi connectivity index (χ3v) is 6.16. The number of methoxy groups -OCH3 is 1. The molecule has 0 fully saturated rings. The number of aryl methyl sites for hydroxylation is 1. The summed E-state index contributed by atoms with van der Waals surface area (Å²) in [5.41, 5.74) is 3.82. The van der Waals surface area contributed by atoms with E-state index in [1.165, 1.54) is 12.1 Å². The van der Waals surface area contributed by atoms with E-state index >= 15 is 0 Å². The minimum atomic E-state index is -4.74. The van der Waals surface area contributed by atoms with Crippen LogP contribution in [0.5, 0.6) is 17.2 Å². The molecule has 4 rings (SSSR count). The summed E-state index contributed by atoms with van der Waals surface area (Å²) >= 11 is 0. The number of aromatic nitrogens is 1. The van der Waals surface area contributed by atoms with E-state index < -0.39 is 6.36 Å². The predicted molar refractivity (Wildman–Crippen MR) is 121 cm³/mol. The van der Waals surface area contributed by atoms with Crippen LogP contribution in [0.25, 0.3) is 10.9 Å². The van der Waals surface area contributed by atoms with E-state index in [2.05, 4.69) is 9.72 Å². The van der Waals surface area contributed by atoms with Gasteiger partial charge in [-0.3, -0.25) is 4.79 Å². The van der Waals surface area contributed by atoms with Crippen molar-refractivity contribution in [1.82, 2.24) is 9.88 Å². The first kappa shape index (κ1) is 23.8.